The van der Waals surface area contributed by atoms with E-state index < -0.39 is 0 Å². The molecule has 1 heterocycles. The van der Waals surface area contributed by atoms with Crippen molar-refractivity contribution < 1.29 is 9.53 Å². The first-order chi connectivity index (χ1) is 8.65. The van der Waals surface area contributed by atoms with Crippen molar-refractivity contribution in [2.24, 2.45) is 0 Å². The lowest BCUT2D eigenvalue weighted by atomic mass is 10.2. The molecule has 1 atom stereocenters. The van der Waals surface area contributed by atoms with E-state index in [2.05, 4.69) is 22.5 Å². The highest BCUT2D eigenvalue weighted by Gasteiger charge is 2.04. The number of likely N-dealkylation sites (N-methyl/N-ethyl adjacent to an activating group) is 1. The van der Waals surface area contributed by atoms with Gasteiger partial charge in [0, 0.05) is 18.8 Å². The predicted octanol–water partition coefficient (Wildman–Crippen LogP) is 1.52. The third-order valence-electron chi connectivity index (χ3n) is 2.52. The second-order valence-corrected chi connectivity index (χ2v) is 4.15. The molecule has 0 aliphatic heterocycles. The van der Waals surface area contributed by atoms with Crippen molar-refractivity contribution >= 4 is 18.3 Å². The van der Waals surface area contributed by atoms with Gasteiger partial charge in [0.1, 0.15) is 0 Å². The minimum Gasteiger partial charge on any atom is -0.475 e. The Hall–Kier alpha value is -1.33. The average Bonchev–Trinajstić information content (AvgIpc) is 2.37. The van der Waals surface area contributed by atoms with E-state index in [1.165, 1.54) is 0 Å². The zero-order chi connectivity index (χ0) is 13.4. The van der Waals surface area contributed by atoms with Gasteiger partial charge in [0.15, 0.2) is 0 Å². The Morgan fingerprint density at radius 3 is 2.89 bits per heavy atom. The molecular weight excluding hydrogens is 266 g/mol. The minimum absolute atomic E-state index is 0. The van der Waals surface area contributed by atoms with Crippen LogP contribution in [0.5, 0.6) is 5.88 Å². The molecule has 6 heteroatoms. The fourth-order valence-corrected chi connectivity index (χ4v) is 1.34. The van der Waals surface area contributed by atoms with Crippen LogP contribution in [0.25, 0.3) is 0 Å². The van der Waals surface area contributed by atoms with Crippen molar-refractivity contribution in [3.8, 4) is 5.88 Å². The van der Waals surface area contributed by atoms with Gasteiger partial charge in [-0.25, -0.2) is 4.98 Å². The van der Waals surface area contributed by atoms with Crippen LogP contribution in [-0.4, -0.2) is 30.6 Å². The van der Waals surface area contributed by atoms with Crippen LogP contribution in [-0.2, 0) is 11.3 Å². The third-order valence-corrected chi connectivity index (χ3v) is 2.52. The number of nitrogens with one attached hydrogen (secondary N) is 2. The largest absolute Gasteiger partial charge is 0.475 e. The number of amides is 1. The van der Waals surface area contributed by atoms with Crippen molar-refractivity contribution in [2.75, 3.05) is 13.6 Å². The highest BCUT2D eigenvalue weighted by atomic mass is 35.5. The Morgan fingerprint density at radius 2 is 2.26 bits per heavy atom. The minimum atomic E-state index is -0.0290. The van der Waals surface area contributed by atoms with Crippen molar-refractivity contribution in [3.05, 3.63) is 23.9 Å². The Labute approximate surface area is 120 Å². The number of carbonyl (C=O) groups is 1. The standard InChI is InChI=1S/C13H21N3O2.ClH/c1-4-10(2)18-13-7-11(5-6-15-13)8-16-12(17)9-14-3;/h5-7,10,14H,4,8-9H2,1-3H3,(H,16,17);1H. The Balaban J connectivity index is 0.00000324. The molecule has 0 aliphatic rings. The van der Waals surface area contributed by atoms with Crippen LogP contribution >= 0.6 is 12.4 Å². The second-order valence-electron chi connectivity index (χ2n) is 4.15. The lowest BCUT2D eigenvalue weighted by molar-refractivity contribution is -0.120. The second kappa shape index (κ2) is 9.58. The summed E-state index contributed by atoms with van der Waals surface area (Å²) in [7, 11) is 1.74. The molecule has 5 nitrogen and oxygen atoms in total. The van der Waals surface area contributed by atoms with E-state index in [9.17, 15) is 4.79 Å². The fraction of sp³-hybridized carbons (Fsp3) is 0.538. The van der Waals surface area contributed by atoms with E-state index in [1.807, 2.05) is 19.1 Å². The number of rotatable bonds is 7. The Bertz CT molecular complexity index is 388. The molecule has 0 aliphatic carbocycles. The van der Waals surface area contributed by atoms with Crippen molar-refractivity contribution in [1.82, 2.24) is 15.6 Å². The van der Waals surface area contributed by atoms with Crippen LogP contribution in [0.4, 0.5) is 0 Å². The highest BCUT2D eigenvalue weighted by molar-refractivity contribution is 5.85. The number of ether oxygens (including phenoxy) is 1. The molecule has 0 fully saturated rings. The lowest BCUT2D eigenvalue weighted by Crippen LogP contribution is -2.31. The molecule has 0 saturated heterocycles. The van der Waals surface area contributed by atoms with Crippen molar-refractivity contribution in [2.45, 2.75) is 32.9 Å². The number of hydrogen-bond acceptors (Lipinski definition) is 4. The molecular formula is C13H22ClN3O2. The Morgan fingerprint density at radius 1 is 1.53 bits per heavy atom. The van der Waals surface area contributed by atoms with E-state index in [0.717, 1.165) is 12.0 Å². The monoisotopic (exact) mass is 287 g/mol. The number of carbonyl (C=O) groups excluding carboxylic acids is 1. The van der Waals surface area contributed by atoms with Gasteiger partial charge in [0.25, 0.3) is 0 Å². The van der Waals surface area contributed by atoms with Gasteiger partial charge in [0.2, 0.25) is 11.8 Å². The SMILES string of the molecule is CCC(C)Oc1cc(CNC(=O)CNC)ccn1.Cl. The maximum Gasteiger partial charge on any atom is 0.234 e. The molecule has 1 rings (SSSR count). The van der Waals surface area contributed by atoms with E-state index in [1.54, 1.807) is 13.2 Å². The molecule has 1 aromatic heterocycles. The summed E-state index contributed by atoms with van der Waals surface area (Å²) in [6, 6.07) is 3.72. The van der Waals surface area contributed by atoms with Gasteiger partial charge in [0.05, 0.1) is 12.6 Å². The molecule has 0 spiro atoms. The summed E-state index contributed by atoms with van der Waals surface area (Å²) in [4.78, 5) is 15.4. The first-order valence-corrected chi connectivity index (χ1v) is 6.18. The maximum absolute atomic E-state index is 11.3. The molecule has 1 unspecified atom stereocenters. The molecule has 108 valence electrons. The van der Waals surface area contributed by atoms with E-state index in [0.29, 0.717) is 19.0 Å². The molecule has 2 N–H and O–H groups in total. The summed E-state index contributed by atoms with van der Waals surface area (Å²) in [6.45, 7) is 4.87. The summed E-state index contributed by atoms with van der Waals surface area (Å²) < 4.78 is 5.62. The van der Waals surface area contributed by atoms with Gasteiger partial charge in [-0.2, -0.15) is 0 Å². The number of pyridine rings is 1. The summed E-state index contributed by atoms with van der Waals surface area (Å²) in [5.74, 6) is 0.573. The third kappa shape index (κ3) is 6.98. The van der Waals surface area contributed by atoms with Crippen LogP contribution in [0.2, 0.25) is 0 Å². The molecule has 0 saturated carbocycles. The van der Waals surface area contributed by atoms with Gasteiger partial charge in [-0.1, -0.05) is 6.92 Å². The van der Waals surface area contributed by atoms with E-state index >= 15 is 0 Å². The van der Waals surface area contributed by atoms with Crippen LogP contribution in [0.15, 0.2) is 18.3 Å². The molecule has 0 radical (unpaired) electrons. The molecule has 0 aromatic carbocycles. The first kappa shape index (κ1) is 17.7. The molecule has 19 heavy (non-hydrogen) atoms. The summed E-state index contributed by atoms with van der Waals surface area (Å²) in [5.41, 5.74) is 0.979. The average molecular weight is 288 g/mol. The van der Waals surface area contributed by atoms with Crippen LogP contribution < -0.4 is 15.4 Å². The van der Waals surface area contributed by atoms with Crippen molar-refractivity contribution in [1.29, 1.82) is 0 Å². The van der Waals surface area contributed by atoms with Crippen LogP contribution in [0.1, 0.15) is 25.8 Å². The summed E-state index contributed by atoms with van der Waals surface area (Å²) in [6.07, 6.45) is 2.77. The van der Waals surface area contributed by atoms with Crippen LogP contribution in [0, 0.1) is 0 Å². The van der Waals surface area contributed by atoms with Gasteiger partial charge in [-0.15, -0.1) is 12.4 Å². The Kier molecular flexibility index (Phi) is 8.91. The lowest BCUT2D eigenvalue weighted by Gasteiger charge is -2.12. The number of hydrogen-bond donors (Lipinski definition) is 2. The first-order valence-electron chi connectivity index (χ1n) is 6.18. The van der Waals surface area contributed by atoms with Gasteiger partial charge < -0.3 is 15.4 Å². The van der Waals surface area contributed by atoms with Gasteiger partial charge in [-0.05, 0) is 32.0 Å². The van der Waals surface area contributed by atoms with Gasteiger partial charge >= 0.3 is 0 Å². The topological polar surface area (TPSA) is 63.2 Å². The molecule has 1 aromatic rings. The van der Waals surface area contributed by atoms with E-state index in [-0.39, 0.29) is 24.4 Å². The summed E-state index contributed by atoms with van der Waals surface area (Å²) >= 11 is 0. The number of halogens is 1. The highest BCUT2D eigenvalue weighted by Crippen LogP contribution is 2.12. The quantitative estimate of drug-likeness (QED) is 0.798. The van der Waals surface area contributed by atoms with Gasteiger partial charge in [-0.3, -0.25) is 4.79 Å². The van der Waals surface area contributed by atoms with Crippen molar-refractivity contribution in [3.63, 3.8) is 0 Å². The zero-order valence-corrected chi connectivity index (χ0v) is 12.4. The molecule has 1 amide bonds. The predicted molar refractivity (Wildman–Crippen MR) is 77.6 cm³/mol. The number of aromatic nitrogens is 1. The number of nitrogens with zero attached hydrogens (tertiary/aromatic N) is 1. The smallest absolute Gasteiger partial charge is 0.234 e. The van der Waals surface area contributed by atoms with E-state index in [4.69, 9.17) is 4.74 Å². The summed E-state index contributed by atoms with van der Waals surface area (Å²) in [5, 5.41) is 5.61. The molecule has 0 bridgehead atoms. The maximum atomic E-state index is 11.3. The normalized spacial score (nSPS) is 11.3. The zero-order valence-electron chi connectivity index (χ0n) is 11.6. The fourth-order valence-electron chi connectivity index (χ4n) is 1.34. The van der Waals surface area contributed by atoms with Crippen LogP contribution in [0.3, 0.4) is 0 Å².